The minimum atomic E-state index is -2.95. The van der Waals surface area contributed by atoms with Crippen LogP contribution in [0.25, 0.3) is 0 Å². The van der Waals surface area contributed by atoms with Crippen molar-refractivity contribution in [3.63, 3.8) is 0 Å². The van der Waals surface area contributed by atoms with Crippen LogP contribution in [-0.2, 0) is 6.54 Å². The fraction of sp³-hybridized carbons (Fsp3) is 0.556. The van der Waals surface area contributed by atoms with Gasteiger partial charge in [0, 0.05) is 6.04 Å². The number of carbonyl (C=O) groups excluding carboxylic acids is 1. The smallest absolute Gasteiger partial charge is 0.287 e. The highest BCUT2D eigenvalue weighted by molar-refractivity contribution is 5.91. The first-order valence-corrected chi connectivity index (χ1v) is 8.97. The second kappa shape index (κ2) is 8.58. The van der Waals surface area contributed by atoms with Gasteiger partial charge in [0.1, 0.15) is 17.1 Å². The number of rotatable bonds is 6. The lowest BCUT2D eigenvalue weighted by atomic mass is 10.1. The SMILES string of the molecule is O=C(NC1CCCCCC1)c1ccc(Cn2nc(C(F)F)cc2C(F)F)o1. The molecule has 0 aromatic carbocycles. The Hall–Kier alpha value is -2.32. The predicted molar refractivity (Wildman–Crippen MR) is 88.9 cm³/mol. The number of furan rings is 1. The van der Waals surface area contributed by atoms with Crippen molar-refractivity contribution in [1.82, 2.24) is 15.1 Å². The van der Waals surface area contributed by atoms with Crippen LogP contribution in [0.3, 0.4) is 0 Å². The summed E-state index contributed by atoms with van der Waals surface area (Å²) < 4.78 is 57.7. The molecule has 1 aliphatic carbocycles. The van der Waals surface area contributed by atoms with Gasteiger partial charge in [-0.25, -0.2) is 17.6 Å². The number of carbonyl (C=O) groups is 1. The summed E-state index contributed by atoms with van der Waals surface area (Å²) in [6, 6.07) is 3.68. The lowest BCUT2D eigenvalue weighted by Gasteiger charge is -2.15. The van der Waals surface area contributed by atoms with Crippen molar-refractivity contribution in [1.29, 1.82) is 0 Å². The summed E-state index contributed by atoms with van der Waals surface area (Å²) in [4.78, 5) is 12.3. The summed E-state index contributed by atoms with van der Waals surface area (Å²) in [5.41, 5.74) is -1.34. The fourth-order valence-electron chi connectivity index (χ4n) is 3.27. The third-order valence-electron chi connectivity index (χ3n) is 4.66. The van der Waals surface area contributed by atoms with Crippen molar-refractivity contribution < 1.29 is 26.8 Å². The number of nitrogens with one attached hydrogen (secondary N) is 1. The molecule has 2 aromatic rings. The first-order valence-electron chi connectivity index (χ1n) is 8.97. The van der Waals surface area contributed by atoms with Crippen LogP contribution in [-0.4, -0.2) is 21.7 Å². The van der Waals surface area contributed by atoms with Gasteiger partial charge in [-0.05, 0) is 31.0 Å². The van der Waals surface area contributed by atoms with Gasteiger partial charge in [0.25, 0.3) is 18.8 Å². The quantitative estimate of drug-likeness (QED) is 0.569. The molecule has 2 heterocycles. The van der Waals surface area contributed by atoms with E-state index >= 15 is 0 Å². The van der Waals surface area contributed by atoms with Gasteiger partial charge >= 0.3 is 0 Å². The van der Waals surface area contributed by atoms with E-state index in [-0.39, 0.29) is 30.0 Å². The van der Waals surface area contributed by atoms with Crippen molar-refractivity contribution in [3.05, 3.63) is 41.1 Å². The van der Waals surface area contributed by atoms with Crippen LogP contribution in [0.1, 0.15) is 79.1 Å². The molecule has 0 spiro atoms. The van der Waals surface area contributed by atoms with Crippen molar-refractivity contribution in [3.8, 4) is 0 Å². The molecule has 0 bridgehead atoms. The Morgan fingerprint density at radius 3 is 2.48 bits per heavy atom. The summed E-state index contributed by atoms with van der Waals surface area (Å²) in [6.07, 6.45) is 0.399. The van der Waals surface area contributed by atoms with Crippen LogP contribution in [0.4, 0.5) is 17.6 Å². The molecule has 3 rings (SSSR count). The first-order chi connectivity index (χ1) is 12.9. The van der Waals surface area contributed by atoms with Gasteiger partial charge in [-0.3, -0.25) is 9.48 Å². The molecule has 2 aromatic heterocycles. The van der Waals surface area contributed by atoms with E-state index in [0.29, 0.717) is 6.07 Å². The molecule has 0 unspecified atom stereocenters. The number of hydrogen-bond donors (Lipinski definition) is 1. The van der Waals surface area contributed by atoms with Crippen molar-refractivity contribution in [2.75, 3.05) is 0 Å². The Morgan fingerprint density at radius 2 is 1.85 bits per heavy atom. The molecule has 0 saturated heterocycles. The third-order valence-corrected chi connectivity index (χ3v) is 4.66. The molecule has 0 radical (unpaired) electrons. The Kier molecular flexibility index (Phi) is 6.18. The molecule has 0 aliphatic heterocycles. The number of nitrogens with zero attached hydrogens (tertiary/aromatic N) is 2. The average Bonchev–Trinajstić information content (AvgIpc) is 3.18. The Morgan fingerprint density at radius 1 is 1.15 bits per heavy atom. The highest BCUT2D eigenvalue weighted by Gasteiger charge is 2.23. The maximum absolute atomic E-state index is 13.0. The highest BCUT2D eigenvalue weighted by Crippen LogP contribution is 2.26. The molecule has 1 amide bonds. The normalized spacial score (nSPS) is 16.1. The highest BCUT2D eigenvalue weighted by atomic mass is 19.3. The van der Waals surface area contributed by atoms with E-state index in [4.69, 9.17) is 4.42 Å². The van der Waals surface area contributed by atoms with Gasteiger partial charge in [-0.15, -0.1) is 0 Å². The maximum Gasteiger partial charge on any atom is 0.287 e. The molecule has 1 aliphatic rings. The molecule has 0 atom stereocenters. The summed E-state index contributed by atoms with van der Waals surface area (Å²) in [7, 11) is 0. The van der Waals surface area contributed by atoms with E-state index in [1.54, 1.807) is 0 Å². The lowest BCUT2D eigenvalue weighted by molar-refractivity contribution is 0.0902. The molecular weight excluding hydrogens is 366 g/mol. The summed E-state index contributed by atoms with van der Waals surface area (Å²) >= 11 is 0. The number of aromatic nitrogens is 2. The minimum Gasteiger partial charge on any atom is -0.454 e. The van der Waals surface area contributed by atoms with Gasteiger partial charge < -0.3 is 9.73 Å². The van der Waals surface area contributed by atoms with E-state index < -0.39 is 24.2 Å². The summed E-state index contributed by atoms with van der Waals surface area (Å²) in [6.45, 7) is -0.261. The van der Waals surface area contributed by atoms with Crippen molar-refractivity contribution in [2.45, 2.75) is 64.0 Å². The standard InChI is InChI=1S/C18H21F4N3O2/c19-16(20)13-9-14(17(21)22)25(24-13)10-12-7-8-15(27-12)18(26)23-11-5-3-1-2-4-6-11/h7-9,11,16-17H,1-6,10H2,(H,23,26). The van der Waals surface area contributed by atoms with Crippen LogP contribution < -0.4 is 5.32 Å². The molecule has 9 heteroatoms. The molecule has 1 N–H and O–H groups in total. The molecular formula is C18H21F4N3O2. The van der Waals surface area contributed by atoms with Gasteiger partial charge in [-0.2, -0.15) is 5.10 Å². The molecule has 5 nitrogen and oxygen atoms in total. The summed E-state index contributed by atoms with van der Waals surface area (Å²) in [5, 5.41) is 6.44. The second-order valence-electron chi connectivity index (χ2n) is 6.68. The Labute approximate surface area is 153 Å². The minimum absolute atomic E-state index is 0.0640. The number of alkyl halides is 4. The van der Waals surface area contributed by atoms with Crippen molar-refractivity contribution in [2.24, 2.45) is 0 Å². The van der Waals surface area contributed by atoms with E-state index in [2.05, 4.69) is 10.4 Å². The molecule has 1 fully saturated rings. The van der Waals surface area contributed by atoms with Gasteiger partial charge in [0.2, 0.25) is 0 Å². The second-order valence-corrected chi connectivity index (χ2v) is 6.68. The van der Waals surface area contributed by atoms with Crippen LogP contribution in [0, 0.1) is 0 Å². The molecule has 1 saturated carbocycles. The summed E-state index contributed by atoms with van der Waals surface area (Å²) in [5.74, 6) is -0.114. The monoisotopic (exact) mass is 387 g/mol. The van der Waals surface area contributed by atoms with E-state index in [9.17, 15) is 22.4 Å². The maximum atomic E-state index is 13.0. The largest absolute Gasteiger partial charge is 0.454 e. The van der Waals surface area contributed by atoms with Crippen LogP contribution in [0.5, 0.6) is 0 Å². The number of halogens is 4. The van der Waals surface area contributed by atoms with E-state index in [1.807, 2.05) is 0 Å². The zero-order chi connectivity index (χ0) is 19.4. The van der Waals surface area contributed by atoms with Gasteiger partial charge in [0.15, 0.2) is 5.76 Å². The van der Waals surface area contributed by atoms with Crippen LogP contribution in [0.2, 0.25) is 0 Å². The third kappa shape index (κ3) is 4.90. The fourth-order valence-corrected chi connectivity index (χ4v) is 3.27. The Balaban J connectivity index is 1.68. The van der Waals surface area contributed by atoms with Gasteiger partial charge in [0.05, 0.1) is 6.54 Å². The van der Waals surface area contributed by atoms with Crippen LogP contribution in [0.15, 0.2) is 22.6 Å². The number of amides is 1. The van der Waals surface area contributed by atoms with E-state index in [1.165, 1.54) is 12.1 Å². The topological polar surface area (TPSA) is 60.1 Å². The molecule has 148 valence electrons. The van der Waals surface area contributed by atoms with Gasteiger partial charge in [-0.1, -0.05) is 25.7 Å². The average molecular weight is 387 g/mol. The van der Waals surface area contributed by atoms with Crippen LogP contribution >= 0.6 is 0 Å². The first kappa shape index (κ1) is 19.4. The van der Waals surface area contributed by atoms with E-state index in [0.717, 1.165) is 43.2 Å². The molecule has 27 heavy (non-hydrogen) atoms. The lowest BCUT2D eigenvalue weighted by Crippen LogP contribution is -2.34. The number of hydrogen-bond acceptors (Lipinski definition) is 3. The predicted octanol–water partition coefficient (Wildman–Crippen LogP) is 4.85. The zero-order valence-electron chi connectivity index (χ0n) is 14.6. The van der Waals surface area contributed by atoms with Crippen molar-refractivity contribution >= 4 is 5.91 Å². The Bertz CT molecular complexity index is 764. The zero-order valence-corrected chi connectivity index (χ0v) is 14.6.